The Hall–Kier alpha value is -1.67. The number of hydrogen-bond donors (Lipinski definition) is 2. The molecule has 0 bridgehead atoms. The Morgan fingerprint density at radius 3 is 2.75 bits per heavy atom. The van der Waals surface area contributed by atoms with E-state index in [2.05, 4.69) is 33.2 Å². The van der Waals surface area contributed by atoms with Crippen LogP contribution in [0.4, 0.5) is 5.69 Å². The molecule has 1 heterocycles. The van der Waals surface area contributed by atoms with Gasteiger partial charge < -0.3 is 9.73 Å². The molecule has 0 aliphatic rings. The van der Waals surface area contributed by atoms with Gasteiger partial charge in [0.05, 0.1) is 12.0 Å². The number of nitrogens with one attached hydrogen (secondary N) is 2. The lowest BCUT2D eigenvalue weighted by Crippen LogP contribution is -2.33. The van der Waals surface area contributed by atoms with Crippen molar-refractivity contribution in [2.75, 3.05) is 5.32 Å². The molecule has 1 aromatic heterocycles. The van der Waals surface area contributed by atoms with Gasteiger partial charge in [-0.3, -0.25) is 10.1 Å². The summed E-state index contributed by atoms with van der Waals surface area (Å²) in [6.45, 7) is 0. The van der Waals surface area contributed by atoms with E-state index >= 15 is 0 Å². The van der Waals surface area contributed by atoms with Gasteiger partial charge in [-0.25, -0.2) is 0 Å². The summed E-state index contributed by atoms with van der Waals surface area (Å²) in [5.74, 6) is 0.293. The van der Waals surface area contributed by atoms with E-state index in [0.29, 0.717) is 5.76 Å². The zero-order valence-corrected chi connectivity index (χ0v) is 13.3. The van der Waals surface area contributed by atoms with Crippen LogP contribution < -0.4 is 10.6 Å². The smallest absolute Gasteiger partial charge is 0.250 e. The van der Waals surface area contributed by atoms with Gasteiger partial charge in [0.15, 0.2) is 5.11 Å². The summed E-state index contributed by atoms with van der Waals surface area (Å²) >= 11 is 7.27. The molecule has 20 heavy (non-hydrogen) atoms. The predicted octanol–water partition coefficient (Wildman–Crippen LogP) is 3.41. The first kappa shape index (κ1) is 14.7. The van der Waals surface area contributed by atoms with Crippen molar-refractivity contribution in [1.29, 1.82) is 0 Å². The highest BCUT2D eigenvalue weighted by molar-refractivity contribution is 14.1. The standard InChI is InChI=1S/C14H11IN2O2S/c15-11-5-1-2-6-12(11)16-14(20)17-13(18)8-7-10-4-3-9-19-10/h1-9H,(H2,16,17,18,20)/b8-7+. The van der Waals surface area contributed by atoms with E-state index in [-0.39, 0.29) is 11.0 Å². The van der Waals surface area contributed by atoms with E-state index in [1.165, 1.54) is 6.08 Å². The predicted molar refractivity (Wildman–Crippen MR) is 91.3 cm³/mol. The van der Waals surface area contributed by atoms with Crippen LogP contribution in [0.15, 0.2) is 53.2 Å². The number of anilines is 1. The number of halogens is 1. The van der Waals surface area contributed by atoms with Crippen LogP contribution in [0.3, 0.4) is 0 Å². The minimum absolute atomic E-state index is 0.253. The minimum Gasteiger partial charge on any atom is -0.465 e. The molecular formula is C14H11IN2O2S. The third-order valence-corrected chi connectivity index (χ3v) is 3.45. The number of carbonyl (C=O) groups is 1. The van der Waals surface area contributed by atoms with Crippen LogP contribution in [0.2, 0.25) is 0 Å². The van der Waals surface area contributed by atoms with E-state index in [1.807, 2.05) is 24.3 Å². The Kier molecular flexibility index (Phi) is 5.31. The molecule has 0 radical (unpaired) electrons. The first-order chi connectivity index (χ1) is 9.65. The molecule has 0 atom stereocenters. The number of thiocarbonyl (C=S) groups is 1. The van der Waals surface area contributed by atoms with Gasteiger partial charge in [-0.2, -0.15) is 0 Å². The Labute approximate surface area is 135 Å². The Morgan fingerprint density at radius 2 is 2.05 bits per heavy atom. The molecule has 2 N–H and O–H groups in total. The van der Waals surface area contributed by atoms with Crippen LogP contribution in [0, 0.1) is 3.57 Å². The number of furan rings is 1. The maximum Gasteiger partial charge on any atom is 0.250 e. The van der Waals surface area contributed by atoms with Crippen molar-refractivity contribution in [1.82, 2.24) is 5.32 Å². The van der Waals surface area contributed by atoms with Gasteiger partial charge in [-0.15, -0.1) is 0 Å². The topological polar surface area (TPSA) is 54.3 Å². The van der Waals surface area contributed by atoms with E-state index in [9.17, 15) is 4.79 Å². The molecule has 0 saturated carbocycles. The van der Waals surface area contributed by atoms with Crippen molar-refractivity contribution >= 4 is 57.6 Å². The Balaban J connectivity index is 1.88. The molecular weight excluding hydrogens is 387 g/mol. The lowest BCUT2D eigenvalue weighted by Gasteiger charge is -2.09. The van der Waals surface area contributed by atoms with Gasteiger partial charge in [0.1, 0.15) is 5.76 Å². The fraction of sp³-hybridized carbons (Fsp3) is 0. The Morgan fingerprint density at radius 1 is 1.25 bits per heavy atom. The summed E-state index contributed by atoms with van der Waals surface area (Å²) in [7, 11) is 0. The van der Waals surface area contributed by atoms with Gasteiger partial charge in [0.2, 0.25) is 5.91 Å². The molecule has 0 spiro atoms. The van der Waals surface area contributed by atoms with E-state index in [0.717, 1.165) is 9.26 Å². The van der Waals surface area contributed by atoms with E-state index in [4.69, 9.17) is 16.6 Å². The van der Waals surface area contributed by atoms with Crippen LogP contribution in [-0.4, -0.2) is 11.0 Å². The van der Waals surface area contributed by atoms with Crippen LogP contribution >= 0.6 is 34.8 Å². The number of hydrogen-bond acceptors (Lipinski definition) is 3. The van der Waals surface area contributed by atoms with Crippen molar-refractivity contribution in [2.24, 2.45) is 0 Å². The summed E-state index contributed by atoms with van der Waals surface area (Å²) in [6.07, 6.45) is 4.48. The van der Waals surface area contributed by atoms with Gasteiger partial charge >= 0.3 is 0 Å². The molecule has 2 aromatic rings. The first-order valence-corrected chi connectivity index (χ1v) is 7.22. The number of carbonyl (C=O) groups excluding carboxylic acids is 1. The molecule has 0 fully saturated rings. The highest BCUT2D eigenvalue weighted by Gasteiger charge is 2.03. The molecule has 0 unspecified atom stereocenters. The monoisotopic (exact) mass is 398 g/mol. The second kappa shape index (κ2) is 7.20. The lowest BCUT2D eigenvalue weighted by atomic mass is 10.3. The zero-order chi connectivity index (χ0) is 14.4. The third kappa shape index (κ3) is 4.46. The summed E-state index contributed by atoms with van der Waals surface area (Å²) in [4.78, 5) is 11.7. The van der Waals surface area contributed by atoms with Gasteiger partial charge in [0.25, 0.3) is 0 Å². The average molecular weight is 398 g/mol. The van der Waals surface area contributed by atoms with Gasteiger partial charge in [-0.05, 0) is 65.2 Å². The highest BCUT2D eigenvalue weighted by Crippen LogP contribution is 2.16. The molecule has 102 valence electrons. The fourth-order valence-electron chi connectivity index (χ4n) is 1.41. The molecule has 0 aliphatic heterocycles. The second-order valence-corrected chi connectivity index (χ2v) is 5.34. The highest BCUT2D eigenvalue weighted by atomic mass is 127. The van der Waals surface area contributed by atoms with Crippen molar-refractivity contribution in [2.45, 2.75) is 0 Å². The number of para-hydroxylation sites is 1. The number of rotatable bonds is 3. The number of amides is 1. The normalized spacial score (nSPS) is 10.4. The summed E-state index contributed by atoms with van der Waals surface area (Å²) in [5, 5.41) is 5.79. The van der Waals surface area contributed by atoms with Crippen molar-refractivity contribution < 1.29 is 9.21 Å². The molecule has 1 amide bonds. The van der Waals surface area contributed by atoms with Crippen molar-refractivity contribution in [3.63, 3.8) is 0 Å². The van der Waals surface area contributed by atoms with E-state index in [1.54, 1.807) is 24.5 Å². The van der Waals surface area contributed by atoms with Gasteiger partial charge in [0, 0.05) is 9.65 Å². The van der Waals surface area contributed by atoms with Crippen LogP contribution in [0.25, 0.3) is 6.08 Å². The second-order valence-electron chi connectivity index (χ2n) is 3.77. The zero-order valence-electron chi connectivity index (χ0n) is 10.3. The third-order valence-electron chi connectivity index (χ3n) is 2.30. The molecule has 2 rings (SSSR count). The van der Waals surface area contributed by atoms with Crippen LogP contribution in [0.5, 0.6) is 0 Å². The summed E-state index contributed by atoms with van der Waals surface area (Å²) in [6, 6.07) is 11.2. The van der Waals surface area contributed by atoms with Crippen LogP contribution in [-0.2, 0) is 4.79 Å². The quantitative estimate of drug-likeness (QED) is 0.473. The van der Waals surface area contributed by atoms with Gasteiger partial charge in [-0.1, -0.05) is 12.1 Å². The van der Waals surface area contributed by atoms with Crippen molar-refractivity contribution in [3.8, 4) is 0 Å². The van der Waals surface area contributed by atoms with E-state index < -0.39 is 0 Å². The average Bonchev–Trinajstić information content (AvgIpc) is 2.92. The minimum atomic E-state index is -0.315. The first-order valence-electron chi connectivity index (χ1n) is 5.73. The molecule has 0 aliphatic carbocycles. The molecule has 0 saturated heterocycles. The fourth-order valence-corrected chi connectivity index (χ4v) is 2.15. The number of benzene rings is 1. The molecule has 1 aromatic carbocycles. The summed E-state index contributed by atoms with van der Waals surface area (Å²) < 4.78 is 6.11. The maximum absolute atomic E-state index is 11.7. The van der Waals surface area contributed by atoms with Crippen LogP contribution in [0.1, 0.15) is 5.76 Å². The lowest BCUT2D eigenvalue weighted by molar-refractivity contribution is -0.115. The summed E-state index contributed by atoms with van der Waals surface area (Å²) in [5.41, 5.74) is 0.855. The molecule has 6 heteroatoms. The largest absolute Gasteiger partial charge is 0.465 e. The molecule has 4 nitrogen and oxygen atoms in total. The SMILES string of the molecule is O=C(/C=C/c1ccco1)NC(=S)Nc1ccccc1I. The Bertz CT molecular complexity index is 638. The maximum atomic E-state index is 11.7. The van der Waals surface area contributed by atoms with Crippen molar-refractivity contribution in [3.05, 3.63) is 58.1 Å².